The molecule has 1 aromatic heterocycles. The normalized spacial score (nSPS) is 21.5. The first-order valence-corrected chi connectivity index (χ1v) is 12.8. The Morgan fingerprint density at radius 1 is 1.00 bits per heavy atom. The van der Waals surface area contributed by atoms with Gasteiger partial charge in [0.15, 0.2) is 0 Å². The van der Waals surface area contributed by atoms with Crippen molar-refractivity contribution in [2.75, 3.05) is 26.2 Å². The van der Waals surface area contributed by atoms with Gasteiger partial charge in [-0.15, -0.1) is 0 Å². The summed E-state index contributed by atoms with van der Waals surface area (Å²) in [5.74, 6) is 1.30. The van der Waals surface area contributed by atoms with E-state index in [1.54, 1.807) is 0 Å². The molecule has 3 aliphatic heterocycles. The zero-order valence-electron chi connectivity index (χ0n) is 20.4. The van der Waals surface area contributed by atoms with Crippen LogP contribution in [0.15, 0.2) is 48.7 Å². The minimum absolute atomic E-state index is 0.0941. The van der Waals surface area contributed by atoms with E-state index in [-0.39, 0.29) is 11.5 Å². The van der Waals surface area contributed by atoms with Gasteiger partial charge >= 0.3 is 0 Å². The van der Waals surface area contributed by atoms with Crippen LogP contribution in [0.2, 0.25) is 0 Å². The maximum absolute atomic E-state index is 13.1. The number of fused-ring (bicyclic) bond motifs is 2. The Balaban J connectivity index is 1.05. The van der Waals surface area contributed by atoms with Gasteiger partial charge in [0.2, 0.25) is 0 Å². The minimum atomic E-state index is -0.0941. The number of carbonyl (C=O) groups is 1. The van der Waals surface area contributed by atoms with Gasteiger partial charge in [-0.2, -0.15) is 0 Å². The number of carbonyl (C=O) groups excluding carboxylic acids is 1. The highest BCUT2D eigenvalue weighted by molar-refractivity contribution is 5.98. The van der Waals surface area contributed by atoms with E-state index in [4.69, 9.17) is 4.74 Å². The van der Waals surface area contributed by atoms with Crippen LogP contribution < -0.4 is 4.74 Å². The maximum Gasteiger partial charge on any atom is 0.253 e. The van der Waals surface area contributed by atoms with Crippen molar-refractivity contribution in [2.24, 2.45) is 5.41 Å². The average Bonchev–Trinajstić information content (AvgIpc) is 3.43. The molecule has 4 heterocycles. The Bertz CT molecular complexity index is 1210. The molecule has 6 rings (SSSR count). The minimum Gasteiger partial charge on any atom is -0.487 e. The number of nitrogens with zero attached hydrogens (tertiary/aromatic N) is 2. The Kier molecular flexibility index (Phi) is 5.21. The topological polar surface area (TPSA) is 48.6 Å². The van der Waals surface area contributed by atoms with Crippen molar-refractivity contribution in [2.45, 2.75) is 58.1 Å². The van der Waals surface area contributed by atoms with Crippen LogP contribution >= 0.6 is 0 Å². The largest absolute Gasteiger partial charge is 0.487 e. The van der Waals surface area contributed by atoms with Crippen LogP contribution in [0.4, 0.5) is 0 Å². The number of hydrogen-bond acceptors (Lipinski definition) is 3. The number of aromatic amines is 1. The van der Waals surface area contributed by atoms with Crippen LogP contribution in [-0.4, -0.2) is 52.5 Å². The third-order valence-corrected chi connectivity index (χ3v) is 8.39. The van der Waals surface area contributed by atoms with E-state index in [1.165, 1.54) is 24.0 Å². The number of amides is 1. The second kappa shape index (κ2) is 8.16. The number of aromatic nitrogens is 1. The molecule has 0 atom stereocenters. The smallest absolute Gasteiger partial charge is 0.253 e. The van der Waals surface area contributed by atoms with Crippen molar-refractivity contribution in [1.29, 1.82) is 0 Å². The van der Waals surface area contributed by atoms with E-state index >= 15 is 0 Å². The first-order chi connectivity index (χ1) is 16.4. The molecule has 1 amide bonds. The average molecular weight is 458 g/mol. The van der Waals surface area contributed by atoms with Crippen molar-refractivity contribution in [1.82, 2.24) is 14.8 Å². The van der Waals surface area contributed by atoms with Gasteiger partial charge in [0.05, 0.1) is 0 Å². The molecule has 2 saturated heterocycles. The van der Waals surface area contributed by atoms with Gasteiger partial charge in [-0.1, -0.05) is 18.2 Å². The first kappa shape index (κ1) is 21.7. The highest BCUT2D eigenvalue weighted by atomic mass is 16.5. The lowest BCUT2D eigenvalue weighted by Gasteiger charge is -2.47. The van der Waals surface area contributed by atoms with Crippen molar-refractivity contribution in [3.63, 3.8) is 0 Å². The zero-order chi connectivity index (χ0) is 23.3. The molecule has 0 radical (unpaired) electrons. The van der Waals surface area contributed by atoms with Gasteiger partial charge < -0.3 is 14.6 Å². The van der Waals surface area contributed by atoms with Crippen molar-refractivity contribution < 1.29 is 9.53 Å². The molecule has 0 bridgehead atoms. The lowest BCUT2D eigenvalue weighted by atomic mass is 9.71. The van der Waals surface area contributed by atoms with Crippen LogP contribution in [0.25, 0.3) is 10.9 Å². The van der Waals surface area contributed by atoms with Crippen molar-refractivity contribution >= 4 is 16.8 Å². The molecule has 0 aliphatic carbocycles. The second-order valence-corrected chi connectivity index (χ2v) is 11.3. The maximum atomic E-state index is 13.1. The van der Waals surface area contributed by atoms with E-state index < -0.39 is 0 Å². The summed E-state index contributed by atoms with van der Waals surface area (Å²) in [4.78, 5) is 21.0. The van der Waals surface area contributed by atoms with Crippen LogP contribution in [0.3, 0.4) is 0 Å². The molecular weight excluding hydrogens is 422 g/mol. The number of piperidine rings is 2. The Morgan fingerprint density at radius 2 is 1.76 bits per heavy atom. The van der Waals surface area contributed by atoms with Crippen molar-refractivity contribution in [3.05, 3.63) is 65.4 Å². The van der Waals surface area contributed by atoms with Gasteiger partial charge in [0.25, 0.3) is 5.91 Å². The highest BCUT2D eigenvalue weighted by Crippen LogP contribution is 2.43. The SMILES string of the molecule is CC1(C)Cc2cccc(CN3CCC4(CC3)CCN(C(=O)c3ccc5[nH]ccc5c3)CC4)c2O1. The number of benzene rings is 2. The summed E-state index contributed by atoms with van der Waals surface area (Å²) in [5, 5.41) is 1.10. The summed E-state index contributed by atoms with van der Waals surface area (Å²) >= 11 is 0. The fourth-order valence-electron chi connectivity index (χ4n) is 6.28. The van der Waals surface area contributed by atoms with Crippen molar-refractivity contribution in [3.8, 4) is 5.75 Å². The predicted molar refractivity (Wildman–Crippen MR) is 135 cm³/mol. The number of ether oxygens (including phenoxy) is 1. The molecule has 178 valence electrons. The summed E-state index contributed by atoms with van der Waals surface area (Å²) in [6.45, 7) is 9.34. The highest BCUT2D eigenvalue weighted by Gasteiger charge is 2.39. The molecule has 0 saturated carbocycles. The van der Waals surface area contributed by atoms with Gasteiger partial charge in [0, 0.05) is 54.3 Å². The van der Waals surface area contributed by atoms with Gasteiger partial charge in [-0.3, -0.25) is 9.69 Å². The molecule has 2 fully saturated rings. The molecule has 3 aromatic rings. The summed E-state index contributed by atoms with van der Waals surface area (Å²) in [7, 11) is 0. The molecule has 3 aliphatic rings. The molecular formula is C29H35N3O2. The standard InChI is InChI=1S/C29H35N3O2/c1-28(2)19-23-4-3-5-24(26(23)34-28)20-31-14-9-29(10-15-31)11-16-32(17-12-29)27(33)22-6-7-25-21(18-22)8-13-30-25/h3-8,13,18,30H,9-12,14-17,19-20H2,1-2H3. The molecule has 5 heteroatoms. The number of nitrogens with one attached hydrogen (secondary N) is 1. The number of para-hydroxylation sites is 1. The third-order valence-electron chi connectivity index (χ3n) is 8.39. The zero-order valence-corrected chi connectivity index (χ0v) is 20.4. The molecule has 1 N–H and O–H groups in total. The number of hydrogen-bond donors (Lipinski definition) is 1. The fraction of sp³-hybridized carbons (Fsp3) is 0.483. The molecule has 1 spiro atoms. The number of rotatable bonds is 3. The van der Waals surface area contributed by atoms with Crippen LogP contribution in [-0.2, 0) is 13.0 Å². The Morgan fingerprint density at radius 3 is 2.56 bits per heavy atom. The Labute approximate surface area is 202 Å². The lowest BCUT2D eigenvalue weighted by Crippen LogP contribution is -2.48. The van der Waals surface area contributed by atoms with E-state index in [1.807, 2.05) is 30.5 Å². The summed E-state index contributed by atoms with van der Waals surface area (Å²) < 4.78 is 6.30. The van der Waals surface area contributed by atoms with Crippen LogP contribution in [0.1, 0.15) is 61.0 Å². The quantitative estimate of drug-likeness (QED) is 0.573. The molecule has 0 unspecified atom stereocenters. The molecule has 34 heavy (non-hydrogen) atoms. The number of H-pyrrole nitrogens is 1. The first-order valence-electron chi connectivity index (χ1n) is 12.8. The summed E-state index contributed by atoms with van der Waals surface area (Å²) in [5.41, 5.74) is 4.87. The molecule has 2 aromatic carbocycles. The number of likely N-dealkylation sites (tertiary alicyclic amines) is 2. The van der Waals surface area contributed by atoms with Gasteiger partial charge in [-0.25, -0.2) is 0 Å². The predicted octanol–water partition coefficient (Wildman–Crippen LogP) is 5.40. The van der Waals surface area contributed by atoms with E-state index in [0.717, 1.165) is 74.2 Å². The van der Waals surface area contributed by atoms with Gasteiger partial charge in [0.1, 0.15) is 11.4 Å². The third kappa shape index (κ3) is 4.00. The summed E-state index contributed by atoms with van der Waals surface area (Å²) in [6.07, 6.45) is 7.62. The van der Waals surface area contributed by atoms with E-state index in [2.05, 4.69) is 46.8 Å². The van der Waals surface area contributed by atoms with Gasteiger partial charge in [-0.05, 0) is 87.9 Å². The molecule has 5 nitrogen and oxygen atoms in total. The Hall–Kier alpha value is -2.79. The monoisotopic (exact) mass is 457 g/mol. The van der Waals surface area contributed by atoms with Crippen LogP contribution in [0.5, 0.6) is 5.75 Å². The van der Waals surface area contributed by atoms with Crippen LogP contribution in [0, 0.1) is 5.41 Å². The second-order valence-electron chi connectivity index (χ2n) is 11.3. The van der Waals surface area contributed by atoms with E-state index in [0.29, 0.717) is 5.41 Å². The van der Waals surface area contributed by atoms with E-state index in [9.17, 15) is 4.79 Å². The summed E-state index contributed by atoms with van der Waals surface area (Å²) in [6, 6.07) is 14.6. The fourth-order valence-corrected chi connectivity index (χ4v) is 6.28. The lowest BCUT2D eigenvalue weighted by molar-refractivity contribution is 0.0282.